The Hall–Kier alpha value is 0.220. The minimum absolute atomic E-state index is 0.273. The second-order valence-electron chi connectivity index (χ2n) is 6.33. The van der Waals surface area contributed by atoms with Crippen molar-refractivity contribution in [1.29, 1.82) is 0 Å². The summed E-state index contributed by atoms with van der Waals surface area (Å²) in [5, 5.41) is 3.16. The molecule has 0 radical (unpaired) electrons. The number of piperidine rings is 1. The normalized spacial score (nSPS) is 28.4. The van der Waals surface area contributed by atoms with E-state index in [1.807, 2.05) is 0 Å². The molecule has 0 aromatic carbocycles. The van der Waals surface area contributed by atoms with Crippen molar-refractivity contribution in [3.05, 3.63) is 0 Å². The predicted octanol–water partition coefficient (Wildman–Crippen LogP) is 1.58. The van der Waals surface area contributed by atoms with Crippen LogP contribution in [-0.4, -0.2) is 62.6 Å². The van der Waals surface area contributed by atoms with Crippen LogP contribution in [0.2, 0.25) is 0 Å². The molecule has 2 saturated heterocycles. The zero-order chi connectivity index (χ0) is 14.6. The fourth-order valence-corrected chi connectivity index (χ4v) is 6.54. The summed E-state index contributed by atoms with van der Waals surface area (Å²) in [4.78, 5) is 2.26. The van der Waals surface area contributed by atoms with Crippen molar-refractivity contribution in [3.63, 3.8) is 0 Å². The molecule has 2 aliphatic rings. The minimum atomic E-state index is -2.98. The van der Waals surface area contributed by atoms with E-state index in [1.165, 1.54) is 31.9 Å². The van der Waals surface area contributed by atoms with Crippen LogP contribution in [0.3, 0.4) is 0 Å². The van der Waals surface area contributed by atoms with Crippen LogP contribution in [0.25, 0.3) is 0 Å². The quantitative estimate of drug-likeness (QED) is 0.833. The number of thioether (sulfide) groups is 1. The molecule has 2 heterocycles. The highest BCUT2D eigenvalue weighted by atomic mass is 32.2. The fourth-order valence-electron chi connectivity index (χ4n) is 3.60. The monoisotopic (exact) mass is 320 g/mol. The summed E-state index contributed by atoms with van der Waals surface area (Å²) in [6.07, 6.45) is 6.16. The lowest BCUT2D eigenvalue weighted by Gasteiger charge is -2.44. The maximum atomic E-state index is 12.0. The van der Waals surface area contributed by atoms with E-state index in [0.29, 0.717) is 5.41 Å². The van der Waals surface area contributed by atoms with Gasteiger partial charge in [-0.2, -0.15) is 11.8 Å². The van der Waals surface area contributed by atoms with E-state index < -0.39 is 9.84 Å². The Bertz CT molecular complexity index is 400. The molecule has 0 aliphatic carbocycles. The number of hydrogen-bond acceptors (Lipinski definition) is 5. The number of sulfone groups is 1. The van der Waals surface area contributed by atoms with Gasteiger partial charge in [0.2, 0.25) is 0 Å². The molecule has 0 spiro atoms. The van der Waals surface area contributed by atoms with E-state index in [0.717, 1.165) is 37.7 Å². The smallest absolute Gasteiger partial charge is 0.164 e. The third-order valence-electron chi connectivity index (χ3n) is 4.67. The number of nitrogens with one attached hydrogen (secondary N) is 1. The lowest BCUT2D eigenvalue weighted by Crippen LogP contribution is -2.53. The lowest BCUT2D eigenvalue weighted by molar-refractivity contribution is 0.0984. The molecular weight excluding hydrogens is 292 g/mol. The van der Waals surface area contributed by atoms with Gasteiger partial charge in [0.25, 0.3) is 0 Å². The average molecular weight is 321 g/mol. The highest BCUT2D eigenvalue weighted by molar-refractivity contribution is 8.00. The summed E-state index contributed by atoms with van der Waals surface area (Å²) in [5.74, 6) is 1.80. The summed E-state index contributed by atoms with van der Waals surface area (Å²) in [6, 6.07) is 0. The first kappa shape index (κ1) is 16.6. The highest BCUT2D eigenvalue weighted by Gasteiger charge is 2.38. The van der Waals surface area contributed by atoms with Gasteiger partial charge < -0.3 is 5.32 Å². The maximum Gasteiger partial charge on any atom is 0.164 e. The summed E-state index contributed by atoms with van der Waals surface area (Å²) in [7, 11) is -2.98. The van der Waals surface area contributed by atoms with Crippen LogP contribution in [0.15, 0.2) is 0 Å². The molecule has 2 fully saturated rings. The Morgan fingerprint density at radius 1 is 1.35 bits per heavy atom. The van der Waals surface area contributed by atoms with Gasteiger partial charge in [-0.1, -0.05) is 13.3 Å². The Kier molecular flexibility index (Phi) is 5.79. The number of nitrogens with zero attached hydrogens (tertiary/aromatic N) is 1. The fraction of sp³-hybridized carbons (Fsp3) is 1.00. The summed E-state index contributed by atoms with van der Waals surface area (Å²) >= 11 is 1.77. The first-order valence-corrected chi connectivity index (χ1v) is 10.8. The first-order valence-electron chi connectivity index (χ1n) is 7.68. The largest absolute Gasteiger partial charge is 0.317 e. The molecule has 20 heavy (non-hydrogen) atoms. The average Bonchev–Trinajstić information content (AvgIpc) is 2.39. The molecule has 0 bridgehead atoms. The molecule has 0 aromatic heterocycles. The van der Waals surface area contributed by atoms with Crippen molar-refractivity contribution >= 4 is 21.6 Å². The molecule has 2 aliphatic heterocycles. The van der Waals surface area contributed by atoms with Crippen LogP contribution in [0.1, 0.15) is 32.6 Å². The van der Waals surface area contributed by atoms with E-state index in [2.05, 4.69) is 17.1 Å². The molecule has 0 aromatic rings. The van der Waals surface area contributed by atoms with Crippen LogP contribution < -0.4 is 5.32 Å². The van der Waals surface area contributed by atoms with Gasteiger partial charge in [-0.05, 0) is 37.8 Å². The molecule has 1 unspecified atom stereocenters. The maximum absolute atomic E-state index is 12.0. The first-order chi connectivity index (χ1) is 9.47. The topological polar surface area (TPSA) is 49.4 Å². The van der Waals surface area contributed by atoms with Gasteiger partial charge in [-0.25, -0.2) is 8.42 Å². The van der Waals surface area contributed by atoms with E-state index in [-0.39, 0.29) is 5.37 Å². The van der Waals surface area contributed by atoms with Gasteiger partial charge in [-0.15, -0.1) is 0 Å². The summed E-state index contributed by atoms with van der Waals surface area (Å²) < 4.78 is 24.1. The zero-order valence-electron chi connectivity index (χ0n) is 12.7. The van der Waals surface area contributed by atoms with Crippen LogP contribution in [-0.2, 0) is 9.84 Å². The van der Waals surface area contributed by atoms with Crippen LogP contribution in [0.4, 0.5) is 0 Å². The van der Waals surface area contributed by atoms with Gasteiger partial charge in [-0.3, -0.25) is 4.90 Å². The van der Waals surface area contributed by atoms with Crippen molar-refractivity contribution in [3.8, 4) is 0 Å². The predicted molar refractivity (Wildman–Crippen MR) is 87.0 cm³/mol. The minimum Gasteiger partial charge on any atom is -0.317 e. The molecule has 1 atom stereocenters. The van der Waals surface area contributed by atoms with Crippen molar-refractivity contribution in [1.82, 2.24) is 10.2 Å². The van der Waals surface area contributed by atoms with E-state index in [4.69, 9.17) is 0 Å². The van der Waals surface area contributed by atoms with E-state index in [1.54, 1.807) is 11.8 Å². The van der Waals surface area contributed by atoms with Crippen LogP contribution >= 0.6 is 11.8 Å². The van der Waals surface area contributed by atoms with Gasteiger partial charge >= 0.3 is 0 Å². The highest BCUT2D eigenvalue weighted by Crippen LogP contribution is 2.36. The Balaban J connectivity index is 2.11. The van der Waals surface area contributed by atoms with Crippen LogP contribution in [0, 0.1) is 5.41 Å². The van der Waals surface area contributed by atoms with Crippen molar-refractivity contribution < 1.29 is 8.42 Å². The third kappa shape index (κ3) is 4.12. The van der Waals surface area contributed by atoms with Gasteiger partial charge in [0, 0.05) is 30.9 Å². The Labute approximate surface area is 128 Å². The van der Waals surface area contributed by atoms with Gasteiger partial charge in [0.1, 0.15) is 5.37 Å². The summed E-state index contributed by atoms with van der Waals surface area (Å²) in [6.45, 7) is 6.27. The molecule has 0 amide bonds. The Morgan fingerprint density at radius 2 is 2.05 bits per heavy atom. The third-order valence-corrected chi connectivity index (χ3v) is 7.35. The molecule has 0 saturated carbocycles. The second-order valence-corrected chi connectivity index (χ2v) is 9.68. The molecule has 6 heteroatoms. The van der Waals surface area contributed by atoms with E-state index >= 15 is 0 Å². The molecule has 1 N–H and O–H groups in total. The molecule has 2 rings (SSSR count). The number of hydrogen-bond donors (Lipinski definition) is 1. The van der Waals surface area contributed by atoms with Crippen molar-refractivity contribution in [2.24, 2.45) is 5.41 Å². The summed E-state index contributed by atoms with van der Waals surface area (Å²) in [5.41, 5.74) is 0.324. The van der Waals surface area contributed by atoms with Crippen molar-refractivity contribution in [2.45, 2.75) is 38.0 Å². The van der Waals surface area contributed by atoms with Crippen LogP contribution in [0.5, 0.6) is 0 Å². The SMILES string of the molecule is CCCC1(CN2CCSCC2S(C)(=O)=O)CCNCC1. The van der Waals surface area contributed by atoms with Crippen molar-refractivity contribution in [2.75, 3.05) is 43.9 Å². The Morgan fingerprint density at radius 3 is 2.65 bits per heavy atom. The molecule has 118 valence electrons. The standard InChI is InChI=1S/C14H28N2O2S2/c1-3-4-14(5-7-15-8-6-14)12-16-9-10-19-11-13(16)20(2,17)18/h13,15H,3-12H2,1-2H3. The number of rotatable bonds is 5. The zero-order valence-corrected chi connectivity index (χ0v) is 14.4. The molecular formula is C14H28N2O2S2. The van der Waals surface area contributed by atoms with Gasteiger partial charge in [0.05, 0.1) is 0 Å². The lowest BCUT2D eigenvalue weighted by atomic mass is 9.75. The molecule has 4 nitrogen and oxygen atoms in total. The second kappa shape index (κ2) is 6.99. The van der Waals surface area contributed by atoms with E-state index in [9.17, 15) is 8.42 Å². The van der Waals surface area contributed by atoms with Gasteiger partial charge in [0.15, 0.2) is 9.84 Å².